The molecule has 0 aliphatic carbocycles. The molecule has 3 N–H and O–H groups in total. The number of sulfonamides is 1. The van der Waals surface area contributed by atoms with Gasteiger partial charge in [-0.3, -0.25) is 0 Å². The molecule has 0 bridgehead atoms. The van der Waals surface area contributed by atoms with Crippen LogP contribution in [0, 0.1) is 0 Å². The van der Waals surface area contributed by atoms with Crippen LogP contribution in [0.15, 0.2) is 29.2 Å². The molecule has 0 radical (unpaired) electrons. The molecular weight excluding hydrogens is 297 g/mol. The summed E-state index contributed by atoms with van der Waals surface area (Å²) in [6, 6.07) is 6.69. The Hall–Kier alpha value is -0.530. The Morgan fingerprint density at radius 3 is 2.00 bits per heavy atom. The third kappa shape index (κ3) is 4.29. The molecule has 18 heavy (non-hydrogen) atoms. The maximum Gasteiger partial charge on any atom is 0.238 e. The van der Waals surface area contributed by atoms with Gasteiger partial charge in [0.05, 0.1) is 4.90 Å². The van der Waals surface area contributed by atoms with Crippen LogP contribution in [0.5, 0.6) is 0 Å². The minimum atomic E-state index is -3.58. The van der Waals surface area contributed by atoms with E-state index in [4.69, 9.17) is 5.14 Å². The van der Waals surface area contributed by atoms with Gasteiger partial charge >= 0.3 is 0 Å². The highest BCUT2D eigenvalue weighted by molar-refractivity contribution is 7.89. The normalized spacial score (nSPS) is 15.5. The Labute approximate surface area is 120 Å². The van der Waals surface area contributed by atoms with Crippen LogP contribution in [0.25, 0.3) is 0 Å². The van der Waals surface area contributed by atoms with Crippen molar-refractivity contribution >= 4 is 40.5 Å². The van der Waals surface area contributed by atoms with Gasteiger partial charge in [-0.2, -0.15) is 0 Å². The van der Waals surface area contributed by atoms with Gasteiger partial charge in [0.15, 0.2) is 0 Å². The predicted octanol–water partition coefficient (Wildman–Crippen LogP) is 0.587. The molecule has 2 rings (SSSR count). The van der Waals surface area contributed by atoms with Crippen LogP contribution < -0.4 is 15.4 Å². The zero-order valence-electron chi connectivity index (χ0n) is 9.70. The SMILES string of the molecule is Cl.Cl.NS(=O)(=O)c1ccc(N2CCNCC2)cc1. The highest BCUT2D eigenvalue weighted by Crippen LogP contribution is 2.17. The number of hydrogen-bond acceptors (Lipinski definition) is 4. The number of halogens is 2. The highest BCUT2D eigenvalue weighted by atomic mass is 35.5. The number of primary sulfonamides is 1. The Morgan fingerprint density at radius 1 is 1.06 bits per heavy atom. The lowest BCUT2D eigenvalue weighted by Gasteiger charge is -2.29. The molecule has 0 aromatic heterocycles. The average Bonchev–Trinajstić information content (AvgIpc) is 2.29. The van der Waals surface area contributed by atoms with Gasteiger partial charge in [0.25, 0.3) is 0 Å². The van der Waals surface area contributed by atoms with Crippen LogP contribution in [0.2, 0.25) is 0 Å². The van der Waals surface area contributed by atoms with Crippen molar-refractivity contribution in [2.24, 2.45) is 5.14 Å². The summed E-state index contributed by atoms with van der Waals surface area (Å²) < 4.78 is 22.1. The molecule has 1 aromatic carbocycles. The first-order chi connectivity index (χ1) is 7.57. The number of hydrogen-bond donors (Lipinski definition) is 2. The third-order valence-electron chi connectivity index (χ3n) is 2.65. The summed E-state index contributed by atoms with van der Waals surface area (Å²) in [6.07, 6.45) is 0. The fourth-order valence-electron chi connectivity index (χ4n) is 1.77. The summed E-state index contributed by atoms with van der Waals surface area (Å²) in [5, 5.41) is 8.30. The van der Waals surface area contributed by atoms with Crippen LogP contribution in [-0.4, -0.2) is 34.6 Å². The van der Waals surface area contributed by atoms with E-state index in [2.05, 4.69) is 10.2 Å². The fourth-order valence-corrected chi connectivity index (χ4v) is 2.29. The van der Waals surface area contributed by atoms with Gasteiger partial charge in [-0.1, -0.05) is 0 Å². The monoisotopic (exact) mass is 313 g/mol. The van der Waals surface area contributed by atoms with Crippen molar-refractivity contribution in [2.75, 3.05) is 31.1 Å². The van der Waals surface area contributed by atoms with Gasteiger partial charge in [-0.25, -0.2) is 13.6 Å². The van der Waals surface area contributed by atoms with Gasteiger partial charge < -0.3 is 10.2 Å². The lowest BCUT2D eigenvalue weighted by molar-refractivity contribution is 0.588. The van der Waals surface area contributed by atoms with Crippen LogP contribution in [0.3, 0.4) is 0 Å². The Kier molecular flexibility index (Phi) is 6.94. The summed E-state index contributed by atoms with van der Waals surface area (Å²) in [7, 11) is -3.58. The molecule has 1 aliphatic rings. The van der Waals surface area contributed by atoms with E-state index in [1.54, 1.807) is 24.3 Å². The molecule has 1 fully saturated rings. The number of nitrogens with two attached hydrogens (primary N) is 1. The second kappa shape index (κ2) is 7.16. The molecule has 0 saturated carbocycles. The number of anilines is 1. The van der Waals surface area contributed by atoms with E-state index >= 15 is 0 Å². The van der Waals surface area contributed by atoms with Crippen LogP contribution in [-0.2, 0) is 10.0 Å². The number of benzene rings is 1. The fraction of sp³-hybridized carbons (Fsp3) is 0.400. The summed E-state index contributed by atoms with van der Waals surface area (Å²) in [5.41, 5.74) is 1.04. The third-order valence-corrected chi connectivity index (χ3v) is 3.58. The highest BCUT2D eigenvalue weighted by Gasteiger charge is 2.12. The van der Waals surface area contributed by atoms with Crippen molar-refractivity contribution in [2.45, 2.75) is 4.90 Å². The van der Waals surface area contributed by atoms with Gasteiger partial charge in [-0.05, 0) is 24.3 Å². The maximum absolute atomic E-state index is 11.1. The average molecular weight is 314 g/mol. The molecule has 0 spiro atoms. The van der Waals surface area contributed by atoms with Crippen LogP contribution in [0.4, 0.5) is 5.69 Å². The smallest absolute Gasteiger partial charge is 0.238 e. The van der Waals surface area contributed by atoms with E-state index in [9.17, 15) is 8.42 Å². The minimum absolute atomic E-state index is 0. The summed E-state index contributed by atoms with van der Waals surface area (Å²) >= 11 is 0. The zero-order chi connectivity index (χ0) is 11.6. The molecule has 1 heterocycles. The Balaban J connectivity index is 0.00000144. The van der Waals surface area contributed by atoms with Gasteiger partial charge in [0.2, 0.25) is 10.0 Å². The molecule has 1 saturated heterocycles. The predicted molar refractivity (Wildman–Crippen MR) is 77.4 cm³/mol. The second-order valence-electron chi connectivity index (χ2n) is 3.78. The molecular formula is C10H17Cl2N3O2S. The van der Waals surface area contributed by atoms with E-state index in [0.29, 0.717) is 0 Å². The van der Waals surface area contributed by atoms with Gasteiger partial charge in [0.1, 0.15) is 0 Å². The van der Waals surface area contributed by atoms with Gasteiger partial charge in [-0.15, -0.1) is 24.8 Å². The van der Waals surface area contributed by atoms with Crippen molar-refractivity contribution in [1.29, 1.82) is 0 Å². The maximum atomic E-state index is 11.1. The number of nitrogens with zero attached hydrogens (tertiary/aromatic N) is 1. The van der Waals surface area contributed by atoms with Crippen LogP contribution in [0.1, 0.15) is 0 Å². The van der Waals surface area contributed by atoms with Crippen LogP contribution >= 0.6 is 24.8 Å². The van der Waals surface area contributed by atoms with Crippen molar-refractivity contribution in [1.82, 2.24) is 5.32 Å². The van der Waals surface area contributed by atoms with Crippen molar-refractivity contribution in [3.63, 3.8) is 0 Å². The Morgan fingerprint density at radius 2 is 1.56 bits per heavy atom. The summed E-state index contributed by atoms with van der Waals surface area (Å²) in [5.74, 6) is 0. The van der Waals surface area contributed by atoms with E-state index in [0.717, 1.165) is 31.9 Å². The number of nitrogens with one attached hydrogen (secondary N) is 1. The molecule has 1 aliphatic heterocycles. The molecule has 0 unspecified atom stereocenters. The van der Waals surface area contributed by atoms with Crippen molar-refractivity contribution in [3.8, 4) is 0 Å². The van der Waals surface area contributed by atoms with E-state index in [1.807, 2.05) is 0 Å². The second-order valence-corrected chi connectivity index (χ2v) is 5.34. The first-order valence-electron chi connectivity index (χ1n) is 5.16. The molecule has 5 nitrogen and oxygen atoms in total. The largest absolute Gasteiger partial charge is 0.369 e. The minimum Gasteiger partial charge on any atom is -0.369 e. The summed E-state index contributed by atoms with van der Waals surface area (Å²) in [6.45, 7) is 3.79. The standard InChI is InChI=1S/C10H15N3O2S.2ClH/c11-16(14,15)10-3-1-9(2-4-10)13-7-5-12-6-8-13;;/h1-4,12H,5-8H2,(H2,11,14,15);2*1H. The zero-order valence-corrected chi connectivity index (χ0v) is 12.2. The Bertz CT molecular complexity index is 459. The lowest BCUT2D eigenvalue weighted by Crippen LogP contribution is -2.43. The number of piperazine rings is 1. The first-order valence-corrected chi connectivity index (χ1v) is 6.70. The lowest BCUT2D eigenvalue weighted by atomic mass is 10.2. The topological polar surface area (TPSA) is 75.4 Å². The molecule has 104 valence electrons. The molecule has 0 amide bonds. The molecule has 8 heteroatoms. The molecule has 0 atom stereocenters. The van der Waals surface area contributed by atoms with Crippen molar-refractivity contribution in [3.05, 3.63) is 24.3 Å². The quantitative estimate of drug-likeness (QED) is 0.838. The van der Waals surface area contributed by atoms with Crippen molar-refractivity contribution < 1.29 is 8.42 Å². The summed E-state index contributed by atoms with van der Waals surface area (Å²) in [4.78, 5) is 2.37. The van der Waals surface area contributed by atoms with E-state index in [-0.39, 0.29) is 29.7 Å². The van der Waals surface area contributed by atoms with Gasteiger partial charge in [0, 0.05) is 31.9 Å². The first kappa shape index (κ1) is 17.5. The van der Waals surface area contributed by atoms with E-state index < -0.39 is 10.0 Å². The molecule has 1 aromatic rings. The number of rotatable bonds is 2. The van der Waals surface area contributed by atoms with E-state index in [1.165, 1.54) is 0 Å².